The molecular formula is C19H22N4O3S. The number of hydrazine groups is 1. The molecule has 3 rings (SSSR count). The molecule has 0 aliphatic rings. The summed E-state index contributed by atoms with van der Waals surface area (Å²) in [5, 5.41) is 0. The number of carbonyl (C=O) groups excluding carboxylic acids is 1. The molecule has 8 heteroatoms. The van der Waals surface area contributed by atoms with E-state index in [0.717, 1.165) is 29.9 Å². The summed E-state index contributed by atoms with van der Waals surface area (Å²) in [5.41, 5.74) is 5.24. The molecule has 3 aromatic rings. The molecule has 0 saturated heterocycles. The van der Waals surface area contributed by atoms with Crippen molar-refractivity contribution in [3.63, 3.8) is 0 Å². The average Bonchev–Trinajstić information content (AvgIpc) is 3.00. The van der Waals surface area contributed by atoms with E-state index in [1.165, 1.54) is 12.1 Å². The van der Waals surface area contributed by atoms with Crippen molar-refractivity contribution in [2.75, 3.05) is 0 Å². The van der Waals surface area contributed by atoms with E-state index in [2.05, 4.69) is 15.2 Å². The maximum Gasteiger partial charge on any atom is 0.266 e. The summed E-state index contributed by atoms with van der Waals surface area (Å²) in [6.45, 7) is 6.70. The van der Waals surface area contributed by atoms with Gasteiger partial charge in [-0.15, -0.1) is 4.83 Å². The van der Waals surface area contributed by atoms with E-state index >= 15 is 0 Å². The highest BCUT2D eigenvalue weighted by atomic mass is 32.2. The molecule has 0 bridgehead atoms. The second-order valence-corrected chi connectivity index (χ2v) is 7.85. The Morgan fingerprint density at radius 3 is 2.44 bits per heavy atom. The maximum atomic E-state index is 12.4. The maximum absolute atomic E-state index is 12.4. The van der Waals surface area contributed by atoms with Crippen molar-refractivity contribution in [2.45, 2.75) is 38.6 Å². The van der Waals surface area contributed by atoms with Crippen molar-refractivity contribution in [2.24, 2.45) is 0 Å². The SMILES string of the molecule is CCc1ccc(S(=O)(=O)NNC(=O)c2ccc3c(c2)nc(C)n3CC)cc1. The molecule has 0 saturated carbocycles. The summed E-state index contributed by atoms with van der Waals surface area (Å²) in [7, 11) is -3.84. The Labute approximate surface area is 158 Å². The quantitative estimate of drug-likeness (QED) is 0.637. The summed E-state index contributed by atoms with van der Waals surface area (Å²) in [6, 6.07) is 11.6. The molecule has 142 valence electrons. The zero-order valence-corrected chi connectivity index (χ0v) is 16.3. The summed E-state index contributed by atoms with van der Waals surface area (Å²) < 4.78 is 26.7. The second-order valence-electron chi connectivity index (χ2n) is 6.16. The number of rotatable bonds is 6. The van der Waals surface area contributed by atoms with E-state index < -0.39 is 15.9 Å². The zero-order chi connectivity index (χ0) is 19.6. The van der Waals surface area contributed by atoms with Crippen LogP contribution in [0.1, 0.15) is 35.6 Å². The molecule has 0 aliphatic carbocycles. The Bertz CT molecular complexity index is 1090. The first-order chi connectivity index (χ1) is 12.9. The molecule has 0 fully saturated rings. The number of nitrogens with one attached hydrogen (secondary N) is 2. The van der Waals surface area contributed by atoms with Gasteiger partial charge in [-0.05, 0) is 56.2 Å². The predicted octanol–water partition coefficient (Wildman–Crippen LogP) is 2.55. The van der Waals surface area contributed by atoms with Gasteiger partial charge in [0.15, 0.2) is 0 Å². The van der Waals surface area contributed by atoms with Crippen LogP contribution in [-0.4, -0.2) is 23.9 Å². The van der Waals surface area contributed by atoms with E-state index in [1.54, 1.807) is 24.3 Å². The van der Waals surface area contributed by atoms with Crippen molar-refractivity contribution >= 4 is 27.0 Å². The largest absolute Gasteiger partial charge is 0.329 e. The smallest absolute Gasteiger partial charge is 0.266 e. The summed E-state index contributed by atoms with van der Waals surface area (Å²) >= 11 is 0. The number of aromatic nitrogens is 2. The number of imidazole rings is 1. The molecular weight excluding hydrogens is 364 g/mol. The fourth-order valence-electron chi connectivity index (χ4n) is 2.94. The topological polar surface area (TPSA) is 93.1 Å². The Kier molecular flexibility index (Phi) is 5.29. The highest BCUT2D eigenvalue weighted by molar-refractivity contribution is 7.89. The summed E-state index contributed by atoms with van der Waals surface area (Å²) in [4.78, 5) is 19.0. The van der Waals surface area contributed by atoms with Crippen molar-refractivity contribution in [3.8, 4) is 0 Å². The highest BCUT2D eigenvalue weighted by Gasteiger charge is 2.16. The van der Waals surface area contributed by atoms with Crippen LogP contribution >= 0.6 is 0 Å². The van der Waals surface area contributed by atoms with E-state index in [-0.39, 0.29) is 4.90 Å². The van der Waals surface area contributed by atoms with Gasteiger partial charge in [0, 0.05) is 12.1 Å². The Morgan fingerprint density at radius 1 is 1.11 bits per heavy atom. The normalized spacial score (nSPS) is 11.7. The minimum absolute atomic E-state index is 0.0905. The Balaban J connectivity index is 1.75. The molecule has 1 amide bonds. The summed E-state index contributed by atoms with van der Waals surface area (Å²) in [5.74, 6) is 0.315. The number of fused-ring (bicyclic) bond motifs is 1. The van der Waals surface area contributed by atoms with Crippen molar-refractivity contribution in [1.29, 1.82) is 0 Å². The lowest BCUT2D eigenvalue weighted by Gasteiger charge is -2.09. The molecule has 0 unspecified atom stereocenters. The Morgan fingerprint density at radius 2 is 1.81 bits per heavy atom. The summed E-state index contributed by atoms with van der Waals surface area (Å²) in [6.07, 6.45) is 0.820. The first-order valence-corrected chi connectivity index (χ1v) is 10.2. The number of benzene rings is 2. The van der Waals surface area contributed by atoms with Crippen LogP contribution in [0.3, 0.4) is 0 Å². The van der Waals surface area contributed by atoms with Crippen molar-refractivity contribution < 1.29 is 13.2 Å². The van der Waals surface area contributed by atoms with Crippen LogP contribution in [0.5, 0.6) is 0 Å². The lowest BCUT2D eigenvalue weighted by molar-refractivity contribution is 0.0945. The molecule has 0 atom stereocenters. The van der Waals surface area contributed by atoms with Gasteiger partial charge in [-0.3, -0.25) is 10.2 Å². The van der Waals surface area contributed by atoms with Crippen LogP contribution in [0.25, 0.3) is 11.0 Å². The van der Waals surface area contributed by atoms with Crippen LogP contribution in [0, 0.1) is 6.92 Å². The average molecular weight is 386 g/mol. The van der Waals surface area contributed by atoms with Crippen molar-refractivity contribution in [3.05, 3.63) is 59.4 Å². The molecule has 1 heterocycles. The van der Waals surface area contributed by atoms with Gasteiger partial charge in [0.1, 0.15) is 5.82 Å². The Hall–Kier alpha value is -2.71. The predicted molar refractivity (Wildman–Crippen MR) is 104 cm³/mol. The lowest BCUT2D eigenvalue weighted by Crippen LogP contribution is -2.41. The number of aryl methyl sites for hydroxylation is 3. The number of carbonyl (C=O) groups is 1. The number of amides is 1. The lowest BCUT2D eigenvalue weighted by atomic mass is 10.2. The molecule has 1 aromatic heterocycles. The third-order valence-corrected chi connectivity index (χ3v) is 5.72. The fourth-order valence-corrected chi connectivity index (χ4v) is 3.78. The van der Waals surface area contributed by atoms with E-state index in [9.17, 15) is 13.2 Å². The molecule has 27 heavy (non-hydrogen) atoms. The van der Waals surface area contributed by atoms with Gasteiger partial charge in [0.2, 0.25) is 0 Å². The van der Waals surface area contributed by atoms with Gasteiger partial charge in [0.05, 0.1) is 15.9 Å². The van der Waals surface area contributed by atoms with E-state index in [1.807, 2.05) is 31.4 Å². The minimum atomic E-state index is -3.84. The fraction of sp³-hybridized carbons (Fsp3) is 0.263. The van der Waals surface area contributed by atoms with Gasteiger partial charge in [-0.25, -0.2) is 13.4 Å². The molecule has 2 aromatic carbocycles. The van der Waals surface area contributed by atoms with E-state index in [4.69, 9.17) is 0 Å². The third-order valence-electron chi connectivity index (χ3n) is 4.46. The number of hydrogen-bond acceptors (Lipinski definition) is 4. The zero-order valence-electron chi connectivity index (χ0n) is 15.5. The van der Waals surface area contributed by atoms with Crippen LogP contribution in [0.2, 0.25) is 0 Å². The first-order valence-electron chi connectivity index (χ1n) is 8.73. The van der Waals surface area contributed by atoms with Crippen LogP contribution < -0.4 is 10.3 Å². The standard InChI is InChI=1S/C19H22N4O3S/c1-4-14-6-9-16(10-7-14)27(25,26)22-21-19(24)15-8-11-18-17(12-15)20-13(3)23(18)5-2/h6-12,22H,4-5H2,1-3H3,(H,21,24). The molecule has 0 aliphatic heterocycles. The van der Waals surface area contributed by atoms with Crippen LogP contribution in [-0.2, 0) is 23.0 Å². The monoisotopic (exact) mass is 386 g/mol. The number of nitrogens with zero attached hydrogens (tertiary/aromatic N) is 2. The van der Waals surface area contributed by atoms with Gasteiger partial charge >= 0.3 is 0 Å². The van der Waals surface area contributed by atoms with Gasteiger partial charge in [-0.1, -0.05) is 19.1 Å². The van der Waals surface area contributed by atoms with Crippen molar-refractivity contribution in [1.82, 2.24) is 19.8 Å². The third kappa shape index (κ3) is 3.86. The molecule has 2 N–H and O–H groups in total. The van der Waals surface area contributed by atoms with Gasteiger partial charge < -0.3 is 4.57 Å². The molecule has 0 radical (unpaired) electrons. The van der Waals surface area contributed by atoms with Gasteiger partial charge in [0.25, 0.3) is 15.9 Å². The van der Waals surface area contributed by atoms with Gasteiger partial charge in [-0.2, -0.15) is 0 Å². The number of hydrogen-bond donors (Lipinski definition) is 2. The van der Waals surface area contributed by atoms with Crippen LogP contribution in [0.4, 0.5) is 0 Å². The minimum Gasteiger partial charge on any atom is -0.329 e. The molecule has 7 nitrogen and oxygen atoms in total. The van der Waals surface area contributed by atoms with Crippen LogP contribution in [0.15, 0.2) is 47.4 Å². The number of sulfonamides is 1. The van der Waals surface area contributed by atoms with E-state index in [0.29, 0.717) is 11.1 Å². The molecule has 0 spiro atoms. The highest BCUT2D eigenvalue weighted by Crippen LogP contribution is 2.18. The first kappa shape index (κ1) is 19.1. The second kappa shape index (κ2) is 7.50.